The topological polar surface area (TPSA) is 82.6 Å². The third kappa shape index (κ3) is 4.01. The average molecular weight is 251 g/mol. The molecule has 0 aliphatic carbocycles. The lowest BCUT2D eigenvalue weighted by molar-refractivity contribution is 0.242. The van der Waals surface area contributed by atoms with E-state index in [9.17, 15) is 0 Å². The Kier molecular flexibility index (Phi) is 5.61. The highest BCUT2D eigenvalue weighted by Crippen LogP contribution is 2.21. The smallest absolute Gasteiger partial charge is 0.123 e. The van der Waals surface area contributed by atoms with Crippen molar-refractivity contribution >= 4 is 5.84 Å². The molecule has 0 aliphatic heterocycles. The van der Waals surface area contributed by atoms with Crippen molar-refractivity contribution < 1.29 is 9.84 Å². The van der Waals surface area contributed by atoms with E-state index >= 15 is 0 Å². The van der Waals surface area contributed by atoms with Gasteiger partial charge in [0.2, 0.25) is 0 Å². The summed E-state index contributed by atoms with van der Waals surface area (Å²) in [6, 6.07) is 5.47. The summed E-state index contributed by atoms with van der Waals surface area (Å²) >= 11 is 0. The fourth-order valence-corrected chi connectivity index (χ4v) is 1.78. The zero-order valence-corrected chi connectivity index (χ0v) is 10.9. The Morgan fingerprint density at radius 1 is 1.50 bits per heavy atom. The van der Waals surface area contributed by atoms with Gasteiger partial charge in [-0.15, -0.1) is 0 Å². The molecular formula is C13H21N3O2. The third-order valence-corrected chi connectivity index (χ3v) is 2.73. The maximum Gasteiger partial charge on any atom is 0.123 e. The molecule has 0 radical (unpaired) electrons. The van der Waals surface area contributed by atoms with E-state index in [1.165, 1.54) is 0 Å². The summed E-state index contributed by atoms with van der Waals surface area (Å²) in [5, 5.41) is 16.2. The van der Waals surface area contributed by atoms with Crippen molar-refractivity contribution in [2.24, 2.45) is 5.73 Å². The summed E-state index contributed by atoms with van der Waals surface area (Å²) in [5.74, 6) is 0.841. The number of nitrogens with one attached hydrogen (secondary N) is 1. The van der Waals surface area contributed by atoms with E-state index < -0.39 is 0 Å². The highest BCUT2D eigenvalue weighted by atomic mass is 16.5. The molecule has 0 bridgehead atoms. The number of hydrogen-bond donors (Lipinski definition) is 3. The number of methoxy groups -OCH3 is 1. The molecule has 5 nitrogen and oxygen atoms in total. The molecule has 0 aromatic heterocycles. The number of aliphatic hydroxyl groups excluding tert-OH is 1. The fraction of sp³-hybridized carbons (Fsp3) is 0.462. The first-order chi connectivity index (χ1) is 8.58. The van der Waals surface area contributed by atoms with Gasteiger partial charge in [-0.2, -0.15) is 0 Å². The fourth-order valence-electron chi connectivity index (χ4n) is 1.78. The minimum absolute atomic E-state index is 0.0527. The lowest BCUT2D eigenvalue weighted by atomic mass is 10.1. The summed E-state index contributed by atoms with van der Waals surface area (Å²) in [6.45, 7) is 1.70. The number of rotatable bonds is 7. The summed E-state index contributed by atoms with van der Waals surface area (Å²) < 4.78 is 5.30. The third-order valence-electron chi connectivity index (χ3n) is 2.73. The molecule has 0 unspecified atom stereocenters. The van der Waals surface area contributed by atoms with Gasteiger partial charge in [0.15, 0.2) is 0 Å². The SMILES string of the molecule is COc1ccc(C(=N)N)cc1CN(C)CCCO. The van der Waals surface area contributed by atoms with E-state index in [0.717, 1.165) is 24.3 Å². The van der Waals surface area contributed by atoms with Gasteiger partial charge in [0, 0.05) is 30.8 Å². The van der Waals surface area contributed by atoms with Crippen LogP contribution in [0.3, 0.4) is 0 Å². The Morgan fingerprint density at radius 2 is 2.22 bits per heavy atom. The second kappa shape index (κ2) is 6.98. The predicted molar refractivity (Wildman–Crippen MR) is 72.0 cm³/mol. The van der Waals surface area contributed by atoms with Crippen LogP contribution in [0.4, 0.5) is 0 Å². The first-order valence-electron chi connectivity index (χ1n) is 5.89. The number of amidine groups is 1. The Labute approximate surface area is 108 Å². The molecule has 0 aliphatic rings. The van der Waals surface area contributed by atoms with Gasteiger partial charge in [-0.3, -0.25) is 5.41 Å². The molecule has 0 amide bonds. The van der Waals surface area contributed by atoms with E-state index in [1.54, 1.807) is 13.2 Å². The van der Waals surface area contributed by atoms with Crippen molar-refractivity contribution in [3.05, 3.63) is 29.3 Å². The minimum atomic E-state index is 0.0527. The maximum atomic E-state index is 8.80. The van der Waals surface area contributed by atoms with Gasteiger partial charge in [0.1, 0.15) is 11.6 Å². The second-order valence-electron chi connectivity index (χ2n) is 4.26. The van der Waals surface area contributed by atoms with Crippen LogP contribution < -0.4 is 10.5 Å². The van der Waals surface area contributed by atoms with Crippen LogP contribution in [0.15, 0.2) is 18.2 Å². The zero-order valence-electron chi connectivity index (χ0n) is 10.9. The second-order valence-corrected chi connectivity index (χ2v) is 4.26. The predicted octanol–water partition coefficient (Wildman–Crippen LogP) is 0.793. The Morgan fingerprint density at radius 3 is 2.78 bits per heavy atom. The normalized spacial score (nSPS) is 10.7. The van der Waals surface area contributed by atoms with Crippen LogP contribution in [-0.2, 0) is 6.54 Å². The Hall–Kier alpha value is -1.59. The molecule has 0 saturated heterocycles. The number of benzene rings is 1. The number of aliphatic hydroxyl groups is 1. The van der Waals surface area contributed by atoms with E-state index in [0.29, 0.717) is 12.1 Å². The van der Waals surface area contributed by atoms with Crippen LogP contribution in [0.1, 0.15) is 17.5 Å². The first kappa shape index (κ1) is 14.5. The Balaban J connectivity index is 2.84. The number of nitrogens with zero attached hydrogens (tertiary/aromatic N) is 1. The highest BCUT2D eigenvalue weighted by molar-refractivity contribution is 5.95. The highest BCUT2D eigenvalue weighted by Gasteiger charge is 2.08. The summed E-state index contributed by atoms with van der Waals surface area (Å²) in [6.07, 6.45) is 0.741. The molecule has 1 aromatic carbocycles. The van der Waals surface area contributed by atoms with Gasteiger partial charge in [0.05, 0.1) is 7.11 Å². The summed E-state index contributed by atoms with van der Waals surface area (Å²) in [7, 11) is 3.61. The van der Waals surface area contributed by atoms with Crippen molar-refractivity contribution in [2.75, 3.05) is 27.3 Å². The quantitative estimate of drug-likeness (QED) is 0.494. The molecule has 0 fully saturated rings. The average Bonchev–Trinajstić information content (AvgIpc) is 2.36. The van der Waals surface area contributed by atoms with Gasteiger partial charge >= 0.3 is 0 Å². The lowest BCUT2D eigenvalue weighted by Crippen LogP contribution is -2.21. The minimum Gasteiger partial charge on any atom is -0.496 e. The van der Waals surface area contributed by atoms with E-state index in [2.05, 4.69) is 4.90 Å². The molecule has 0 spiro atoms. The van der Waals surface area contributed by atoms with Gasteiger partial charge in [-0.05, 0) is 31.7 Å². The summed E-state index contributed by atoms with van der Waals surface area (Å²) in [4.78, 5) is 2.10. The van der Waals surface area contributed by atoms with E-state index in [1.807, 2.05) is 19.2 Å². The van der Waals surface area contributed by atoms with Gasteiger partial charge < -0.3 is 20.5 Å². The van der Waals surface area contributed by atoms with Crippen LogP contribution in [0, 0.1) is 5.41 Å². The lowest BCUT2D eigenvalue weighted by Gasteiger charge is -2.18. The van der Waals surface area contributed by atoms with Crippen molar-refractivity contribution in [2.45, 2.75) is 13.0 Å². The van der Waals surface area contributed by atoms with Gasteiger partial charge in [0.25, 0.3) is 0 Å². The van der Waals surface area contributed by atoms with Crippen molar-refractivity contribution in [3.8, 4) is 5.75 Å². The van der Waals surface area contributed by atoms with Crippen molar-refractivity contribution in [1.29, 1.82) is 5.41 Å². The van der Waals surface area contributed by atoms with Gasteiger partial charge in [-0.25, -0.2) is 0 Å². The maximum absolute atomic E-state index is 8.80. The van der Waals surface area contributed by atoms with Crippen LogP contribution >= 0.6 is 0 Å². The molecule has 0 heterocycles. The molecule has 0 saturated carbocycles. The van der Waals surface area contributed by atoms with Crippen molar-refractivity contribution in [3.63, 3.8) is 0 Å². The zero-order chi connectivity index (χ0) is 13.5. The number of hydrogen-bond acceptors (Lipinski definition) is 4. The molecule has 0 atom stereocenters. The largest absolute Gasteiger partial charge is 0.496 e. The molecule has 4 N–H and O–H groups in total. The van der Waals surface area contributed by atoms with Crippen LogP contribution in [0.25, 0.3) is 0 Å². The molecule has 1 rings (SSSR count). The molecule has 5 heteroatoms. The number of nitrogens with two attached hydrogens (primary N) is 1. The van der Waals surface area contributed by atoms with E-state index in [4.69, 9.17) is 21.0 Å². The molecule has 1 aromatic rings. The van der Waals surface area contributed by atoms with Gasteiger partial charge in [-0.1, -0.05) is 0 Å². The Bertz CT molecular complexity index is 407. The van der Waals surface area contributed by atoms with Crippen LogP contribution in [-0.4, -0.2) is 43.2 Å². The van der Waals surface area contributed by atoms with Crippen molar-refractivity contribution in [1.82, 2.24) is 4.90 Å². The number of nitrogen functional groups attached to an aromatic ring is 1. The van der Waals surface area contributed by atoms with Crippen LogP contribution in [0.5, 0.6) is 5.75 Å². The molecular weight excluding hydrogens is 230 g/mol. The molecule has 18 heavy (non-hydrogen) atoms. The van der Waals surface area contributed by atoms with Crippen LogP contribution in [0.2, 0.25) is 0 Å². The molecule has 100 valence electrons. The summed E-state index contributed by atoms with van der Waals surface area (Å²) in [5.41, 5.74) is 7.17. The monoisotopic (exact) mass is 251 g/mol. The van der Waals surface area contributed by atoms with E-state index in [-0.39, 0.29) is 12.4 Å². The number of ether oxygens (including phenoxy) is 1. The standard InChI is InChI=1S/C13H21N3O2/c1-16(6-3-7-17)9-11-8-10(13(14)15)4-5-12(11)18-2/h4-5,8,17H,3,6-7,9H2,1-2H3,(H3,14,15). The first-order valence-corrected chi connectivity index (χ1v) is 5.89.